The van der Waals surface area contributed by atoms with E-state index in [2.05, 4.69) is 10.5 Å². The van der Waals surface area contributed by atoms with Gasteiger partial charge in [-0.1, -0.05) is 38.1 Å². The van der Waals surface area contributed by atoms with Crippen molar-refractivity contribution >= 4 is 17.5 Å². The number of hydrogen-bond donors (Lipinski definition) is 1. The highest BCUT2D eigenvalue weighted by molar-refractivity contribution is 6.04. The number of aromatic nitrogens is 1. The van der Waals surface area contributed by atoms with Crippen molar-refractivity contribution in [1.82, 2.24) is 10.1 Å². The maximum atomic E-state index is 12.9. The molecule has 0 bridgehead atoms. The Bertz CT molecular complexity index is 768. The number of para-hydroxylation sites is 1. The fourth-order valence-corrected chi connectivity index (χ4v) is 2.33. The van der Waals surface area contributed by atoms with E-state index in [1.54, 1.807) is 36.2 Å². The summed E-state index contributed by atoms with van der Waals surface area (Å²) in [4.78, 5) is 26.7. The lowest BCUT2D eigenvalue weighted by Crippen LogP contribution is -2.31. The Morgan fingerprint density at radius 3 is 2.40 bits per heavy atom. The molecule has 6 nitrogen and oxygen atoms in total. The Morgan fingerprint density at radius 1 is 1.20 bits per heavy atom. The van der Waals surface area contributed by atoms with Gasteiger partial charge in [0, 0.05) is 18.0 Å². The summed E-state index contributed by atoms with van der Waals surface area (Å²) in [5.74, 6) is 0.386. The van der Waals surface area contributed by atoms with Crippen LogP contribution in [0.1, 0.15) is 48.1 Å². The number of amides is 2. The average molecular weight is 343 g/mol. The lowest BCUT2D eigenvalue weighted by atomic mass is 9.95. The van der Waals surface area contributed by atoms with Crippen LogP contribution in [-0.2, 0) is 11.3 Å². The van der Waals surface area contributed by atoms with Crippen molar-refractivity contribution in [1.29, 1.82) is 0 Å². The molecule has 0 aliphatic heterocycles. The van der Waals surface area contributed by atoms with E-state index in [9.17, 15) is 9.59 Å². The van der Waals surface area contributed by atoms with Gasteiger partial charge < -0.3 is 14.7 Å². The molecule has 0 saturated heterocycles. The molecule has 134 valence electrons. The molecule has 0 fully saturated rings. The standard InChI is InChI=1S/C19H25N3O3/c1-12-15(13(2)25-21-12)11-22(6)17(23)14-9-7-8-10-16(14)20-18(24)19(3,4)5/h7-10H,11H2,1-6H3,(H,20,24). The highest BCUT2D eigenvalue weighted by atomic mass is 16.5. The Hall–Kier alpha value is -2.63. The molecule has 25 heavy (non-hydrogen) atoms. The van der Waals surface area contributed by atoms with Gasteiger partial charge in [-0.2, -0.15) is 0 Å². The Balaban J connectivity index is 2.23. The van der Waals surface area contributed by atoms with E-state index >= 15 is 0 Å². The van der Waals surface area contributed by atoms with Crippen molar-refractivity contribution < 1.29 is 14.1 Å². The third-order valence-electron chi connectivity index (χ3n) is 4.01. The van der Waals surface area contributed by atoms with E-state index in [0.29, 0.717) is 23.6 Å². The van der Waals surface area contributed by atoms with Crippen molar-refractivity contribution in [2.45, 2.75) is 41.2 Å². The Labute approximate surface area is 148 Å². The van der Waals surface area contributed by atoms with Crippen LogP contribution in [0, 0.1) is 19.3 Å². The van der Waals surface area contributed by atoms with E-state index in [1.807, 2.05) is 34.6 Å². The molecule has 1 aromatic heterocycles. The fraction of sp³-hybridized carbons (Fsp3) is 0.421. The quantitative estimate of drug-likeness (QED) is 0.921. The predicted molar refractivity (Wildman–Crippen MR) is 96.3 cm³/mol. The van der Waals surface area contributed by atoms with Crippen molar-refractivity contribution in [3.63, 3.8) is 0 Å². The predicted octanol–water partition coefficient (Wildman–Crippen LogP) is 3.55. The summed E-state index contributed by atoms with van der Waals surface area (Å²) < 4.78 is 5.15. The largest absolute Gasteiger partial charge is 0.361 e. The van der Waals surface area contributed by atoms with Gasteiger partial charge in [0.15, 0.2) is 0 Å². The van der Waals surface area contributed by atoms with E-state index < -0.39 is 5.41 Å². The first-order chi connectivity index (χ1) is 11.6. The van der Waals surface area contributed by atoms with E-state index in [-0.39, 0.29) is 11.8 Å². The molecule has 0 atom stereocenters. The summed E-state index contributed by atoms with van der Waals surface area (Å²) in [7, 11) is 1.72. The summed E-state index contributed by atoms with van der Waals surface area (Å²) in [6, 6.07) is 7.03. The first-order valence-corrected chi connectivity index (χ1v) is 8.19. The van der Waals surface area contributed by atoms with Crippen LogP contribution < -0.4 is 5.32 Å². The van der Waals surface area contributed by atoms with Crippen LogP contribution in [0.3, 0.4) is 0 Å². The first kappa shape index (κ1) is 18.7. The second-order valence-corrected chi connectivity index (χ2v) is 7.21. The van der Waals surface area contributed by atoms with Crippen LogP contribution in [0.15, 0.2) is 28.8 Å². The molecule has 0 aliphatic rings. The van der Waals surface area contributed by atoms with Gasteiger partial charge in [-0.15, -0.1) is 0 Å². The van der Waals surface area contributed by atoms with Crippen LogP contribution in [0.2, 0.25) is 0 Å². The van der Waals surface area contributed by atoms with Gasteiger partial charge in [0.2, 0.25) is 5.91 Å². The van der Waals surface area contributed by atoms with E-state index in [4.69, 9.17) is 4.52 Å². The SMILES string of the molecule is Cc1noc(C)c1CN(C)C(=O)c1ccccc1NC(=O)C(C)(C)C. The van der Waals surface area contributed by atoms with Gasteiger partial charge in [0.05, 0.1) is 23.5 Å². The number of anilines is 1. The summed E-state index contributed by atoms with van der Waals surface area (Å²) >= 11 is 0. The minimum absolute atomic E-state index is 0.138. The average Bonchev–Trinajstić information content (AvgIpc) is 2.85. The summed E-state index contributed by atoms with van der Waals surface area (Å²) in [5, 5.41) is 6.77. The summed E-state index contributed by atoms with van der Waals surface area (Å²) in [5.41, 5.74) is 2.09. The van der Waals surface area contributed by atoms with Crippen LogP contribution in [-0.4, -0.2) is 28.9 Å². The number of rotatable bonds is 4. The summed E-state index contributed by atoms with van der Waals surface area (Å²) in [6.07, 6.45) is 0. The van der Waals surface area contributed by atoms with Gasteiger partial charge in [0.25, 0.3) is 5.91 Å². The number of nitrogens with one attached hydrogen (secondary N) is 1. The molecule has 2 amide bonds. The number of carbonyl (C=O) groups is 2. The minimum Gasteiger partial charge on any atom is -0.361 e. The molecule has 0 saturated carbocycles. The van der Waals surface area contributed by atoms with Crippen molar-refractivity contribution in [3.05, 3.63) is 46.8 Å². The molecular formula is C19H25N3O3. The highest BCUT2D eigenvalue weighted by Gasteiger charge is 2.24. The Morgan fingerprint density at radius 2 is 1.84 bits per heavy atom. The molecule has 0 spiro atoms. The number of benzene rings is 1. The highest BCUT2D eigenvalue weighted by Crippen LogP contribution is 2.23. The Kier molecular flexibility index (Phi) is 5.30. The molecule has 1 aromatic carbocycles. The number of aryl methyl sites for hydroxylation is 2. The lowest BCUT2D eigenvalue weighted by molar-refractivity contribution is -0.123. The zero-order valence-corrected chi connectivity index (χ0v) is 15.6. The fourth-order valence-electron chi connectivity index (χ4n) is 2.33. The third kappa shape index (κ3) is 4.26. The molecular weight excluding hydrogens is 318 g/mol. The number of carbonyl (C=O) groups excluding carboxylic acids is 2. The molecule has 1 N–H and O–H groups in total. The number of hydrogen-bond acceptors (Lipinski definition) is 4. The second-order valence-electron chi connectivity index (χ2n) is 7.21. The number of nitrogens with zero attached hydrogens (tertiary/aromatic N) is 2. The first-order valence-electron chi connectivity index (χ1n) is 8.19. The molecule has 0 radical (unpaired) electrons. The molecule has 2 rings (SSSR count). The third-order valence-corrected chi connectivity index (χ3v) is 4.01. The zero-order valence-electron chi connectivity index (χ0n) is 15.6. The smallest absolute Gasteiger partial charge is 0.256 e. The normalized spacial score (nSPS) is 11.3. The topological polar surface area (TPSA) is 75.4 Å². The van der Waals surface area contributed by atoms with Crippen LogP contribution in [0.25, 0.3) is 0 Å². The van der Waals surface area contributed by atoms with Gasteiger partial charge in [-0.25, -0.2) is 0 Å². The molecule has 0 unspecified atom stereocenters. The zero-order chi connectivity index (χ0) is 18.8. The maximum Gasteiger partial charge on any atom is 0.256 e. The van der Waals surface area contributed by atoms with Gasteiger partial charge >= 0.3 is 0 Å². The molecule has 1 heterocycles. The van der Waals surface area contributed by atoms with Crippen molar-refractivity contribution in [2.75, 3.05) is 12.4 Å². The van der Waals surface area contributed by atoms with Crippen LogP contribution in [0.5, 0.6) is 0 Å². The summed E-state index contributed by atoms with van der Waals surface area (Å²) in [6.45, 7) is 9.55. The molecule has 6 heteroatoms. The van der Waals surface area contributed by atoms with E-state index in [1.165, 1.54) is 0 Å². The van der Waals surface area contributed by atoms with Crippen LogP contribution >= 0.6 is 0 Å². The monoisotopic (exact) mass is 343 g/mol. The van der Waals surface area contributed by atoms with Gasteiger partial charge in [-0.3, -0.25) is 9.59 Å². The van der Waals surface area contributed by atoms with Crippen molar-refractivity contribution in [3.8, 4) is 0 Å². The van der Waals surface area contributed by atoms with Gasteiger partial charge in [0.1, 0.15) is 5.76 Å². The lowest BCUT2D eigenvalue weighted by Gasteiger charge is -2.22. The minimum atomic E-state index is -0.543. The van der Waals surface area contributed by atoms with E-state index in [0.717, 1.165) is 11.3 Å². The maximum absolute atomic E-state index is 12.9. The molecule has 0 aliphatic carbocycles. The van der Waals surface area contributed by atoms with Gasteiger partial charge in [-0.05, 0) is 26.0 Å². The molecule has 2 aromatic rings. The van der Waals surface area contributed by atoms with Crippen LogP contribution in [0.4, 0.5) is 5.69 Å². The second kappa shape index (κ2) is 7.09. The van der Waals surface area contributed by atoms with Crippen molar-refractivity contribution in [2.24, 2.45) is 5.41 Å².